The molecule has 0 aromatic heterocycles. The standard InChI is InChI=1S/C18H36N2/c1-4-18(5-2)11-13-20(14-12-18)15-17(19-3)16-9-7-6-8-10-16/h16-17,19H,4-15H2,1-3H3. The van der Waals surface area contributed by atoms with E-state index in [2.05, 4.69) is 31.1 Å². The average molecular weight is 281 g/mol. The lowest BCUT2D eigenvalue weighted by molar-refractivity contribution is 0.0800. The second kappa shape index (κ2) is 7.79. The lowest BCUT2D eigenvalue weighted by atomic mass is 9.74. The molecule has 0 aromatic carbocycles. The summed E-state index contributed by atoms with van der Waals surface area (Å²) in [5.74, 6) is 0.929. The molecular weight excluding hydrogens is 244 g/mol. The van der Waals surface area contributed by atoms with E-state index in [4.69, 9.17) is 0 Å². The van der Waals surface area contributed by atoms with Crippen molar-refractivity contribution in [3.05, 3.63) is 0 Å². The molecule has 1 aliphatic carbocycles. The minimum Gasteiger partial charge on any atom is -0.315 e. The van der Waals surface area contributed by atoms with Gasteiger partial charge in [-0.3, -0.25) is 0 Å². The van der Waals surface area contributed by atoms with Gasteiger partial charge < -0.3 is 10.2 Å². The summed E-state index contributed by atoms with van der Waals surface area (Å²) in [4.78, 5) is 2.74. The Hall–Kier alpha value is -0.0800. The maximum Gasteiger partial charge on any atom is 0.0220 e. The van der Waals surface area contributed by atoms with Crippen molar-refractivity contribution in [2.75, 3.05) is 26.7 Å². The van der Waals surface area contributed by atoms with Gasteiger partial charge in [0, 0.05) is 12.6 Å². The molecule has 1 N–H and O–H groups in total. The SMILES string of the molecule is CCC1(CC)CCN(CC(NC)C2CCCCC2)CC1. The van der Waals surface area contributed by atoms with E-state index in [0.717, 1.165) is 12.0 Å². The van der Waals surface area contributed by atoms with E-state index in [1.54, 1.807) is 0 Å². The molecule has 0 radical (unpaired) electrons. The highest BCUT2D eigenvalue weighted by atomic mass is 15.2. The predicted octanol–water partition coefficient (Wildman–Crippen LogP) is 4.06. The summed E-state index contributed by atoms with van der Waals surface area (Å²) < 4.78 is 0. The first-order valence-corrected chi connectivity index (χ1v) is 9.12. The maximum atomic E-state index is 3.63. The van der Waals surface area contributed by atoms with Crippen LogP contribution in [0.15, 0.2) is 0 Å². The van der Waals surface area contributed by atoms with Crippen molar-refractivity contribution < 1.29 is 0 Å². The molecule has 1 atom stereocenters. The molecule has 1 heterocycles. The Bertz CT molecular complexity index is 257. The van der Waals surface area contributed by atoms with Gasteiger partial charge in [0.1, 0.15) is 0 Å². The van der Waals surface area contributed by atoms with Crippen LogP contribution in [0.2, 0.25) is 0 Å². The minimum absolute atomic E-state index is 0.663. The number of hydrogen-bond acceptors (Lipinski definition) is 2. The van der Waals surface area contributed by atoms with Crippen LogP contribution in [0, 0.1) is 11.3 Å². The fraction of sp³-hybridized carbons (Fsp3) is 1.00. The van der Waals surface area contributed by atoms with Crippen molar-refractivity contribution in [3.8, 4) is 0 Å². The van der Waals surface area contributed by atoms with Crippen LogP contribution in [0.3, 0.4) is 0 Å². The number of likely N-dealkylation sites (N-methyl/N-ethyl adjacent to an activating group) is 1. The van der Waals surface area contributed by atoms with Gasteiger partial charge in [0.2, 0.25) is 0 Å². The number of piperidine rings is 1. The Morgan fingerprint density at radius 1 is 1.05 bits per heavy atom. The van der Waals surface area contributed by atoms with Gasteiger partial charge in [-0.15, -0.1) is 0 Å². The van der Waals surface area contributed by atoms with Crippen LogP contribution in [0.5, 0.6) is 0 Å². The number of nitrogens with zero attached hydrogens (tertiary/aromatic N) is 1. The summed E-state index contributed by atoms with van der Waals surface area (Å²) in [7, 11) is 2.17. The van der Waals surface area contributed by atoms with Gasteiger partial charge in [-0.05, 0) is 57.2 Å². The molecule has 1 aliphatic heterocycles. The molecule has 2 heteroatoms. The quantitative estimate of drug-likeness (QED) is 0.789. The van der Waals surface area contributed by atoms with E-state index in [-0.39, 0.29) is 0 Å². The molecule has 1 saturated carbocycles. The first kappa shape index (κ1) is 16.3. The number of hydrogen-bond donors (Lipinski definition) is 1. The lowest BCUT2D eigenvalue weighted by Gasteiger charge is -2.43. The van der Waals surface area contributed by atoms with Crippen LogP contribution in [-0.2, 0) is 0 Å². The van der Waals surface area contributed by atoms with Crippen molar-refractivity contribution >= 4 is 0 Å². The Kier molecular flexibility index (Phi) is 6.35. The van der Waals surface area contributed by atoms with E-state index in [0.29, 0.717) is 5.41 Å². The zero-order chi connectivity index (χ0) is 14.4. The van der Waals surface area contributed by atoms with Crippen molar-refractivity contribution in [1.82, 2.24) is 10.2 Å². The van der Waals surface area contributed by atoms with Crippen LogP contribution in [0.1, 0.15) is 71.6 Å². The third-order valence-electron chi connectivity index (χ3n) is 6.46. The normalized spacial score (nSPS) is 26.6. The molecule has 1 saturated heterocycles. The van der Waals surface area contributed by atoms with E-state index in [9.17, 15) is 0 Å². The summed E-state index contributed by atoms with van der Waals surface area (Å²) in [6.45, 7) is 8.71. The second-order valence-electron chi connectivity index (χ2n) is 7.30. The maximum absolute atomic E-state index is 3.63. The topological polar surface area (TPSA) is 15.3 Å². The van der Waals surface area contributed by atoms with E-state index < -0.39 is 0 Å². The number of likely N-dealkylation sites (tertiary alicyclic amines) is 1. The van der Waals surface area contributed by atoms with Gasteiger partial charge in [-0.25, -0.2) is 0 Å². The molecular formula is C18H36N2. The van der Waals surface area contributed by atoms with Gasteiger partial charge in [0.05, 0.1) is 0 Å². The largest absolute Gasteiger partial charge is 0.315 e. The van der Waals surface area contributed by atoms with Crippen molar-refractivity contribution in [2.45, 2.75) is 77.7 Å². The molecule has 20 heavy (non-hydrogen) atoms. The zero-order valence-electron chi connectivity index (χ0n) is 14.1. The Labute approximate surface area is 126 Å². The molecule has 2 nitrogen and oxygen atoms in total. The summed E-state index contributed by atoms with van der Waals surface area (Å²) in [5, 5.41) is 3.63. The van der Waals surface area contributed by atoms with Crippen molar-refractivity contribution in [3.63, 3.8) is 0 Å². The first-order chi connectivity index (χ1) is 9.73. The van der Waals surface area contributed by atoms with Gasteiger partial charge >= 0.3 is 0 Å². The summed E-state index contributed by atoms with van der Waals surface area (Å²) in [6, 6.07) is 0.728. The van der Waals surface area contributed by atoms with Gasteiger partial charge in [-0.2, -0.15) is 0 Å². The first-order valence-electron chi connectivity index (χ1n) is 9.12. The van der Waals surface area contributed by atoms with Crippen LogP contribution in [-0.4, -0.2) is 37.6 Å². The fourth-order valence-corrected chi connectivity index (χ4v) is 4.46. The van der Waals surface area contributed by atoms with Crippen LogP contribution < -0.4 is 5.32 Å². The molecule has 2 rings (SSSR count). The molecule has 0 amide bonds. The highest BCUT2D eigenvalue weighted by molar-refractivity contribution is 4.87. The van der Waals surface area contributed by atoms with Crippen molar-refractivity contribution in [1.29, 1.82) is 0 Å². The van der Waals surface area contributed by atoms with Gasteiger partial charge in [0.15, 0.2) is 0 Å². The van der Waals surface area contributed by atoms with E-state index in [1.165, 1.54) is 77.4 Å². The molecule has 0 bridgehead atoms. The predicted molar refractivity (Wildman–Crippen MR) is 88.1 cm³/mol. The summed E-state index contributed by atoms with van der Waals surface area (Å²) in [5.41, 5.74) is 0.663. The zero-order valence-corrected chi connectivity index (χ0v) is 14.1. The molecule has 2 aliphatic rings. The van der Waals surface area contributed by atoms with Gasteiger partial charge in [-0.1, -0.05) is 46.0 Å². The van der Waals surface area contributed by atoms with Crippen LogP contribution in [0.4, 0.5) is 0 Å². The third kappa shape index (κ3) is 3.98. The number of nitrogens with one attached hydrogen (secondary N) is 1. The summed E-state index contributed by atoms with van der Waals surface area (Å²) >= 11 is 0. The average Bonchev–Trinajstić information content (AvgIpc) is 2.54. The van der Waals surface area contributed by atoms with E-state index >= 15 is 0 Å². The van der Waals surface area contributed by atoms with Crippen LogP contribution >= 0.6 is 0 Å². The van der Waals surface area contributed by atoms with E-state index in [1.807, 2.05) is 0 Å². The third-order valence-corrected chi connectivity index (χ3v) is 6.46. The molecule has 118 valence electrons. The van der Waals surface area contributed by atoms with Crippen LogP contribution in [0.25, 0.3) is 0 Å². The lowest BCUT2D eigenvalue weighted by Crippen LogP contribution is -2.48. The monoisotopic (exact) mass is 280 g/mol. The Morgan fingerprint density at radius 3 is 2.15 bits per heavy atom. The highest BCUT2D eigenvalue weighted by Crippen LogP contribution is 2.38. The molecule has 0 spiro atoms. The smallest absolute Gasteiger partial charge is 0.0220 e. The molecule has 1 unspecified atom stereocenters. The minimum atomic E-state index is 0.663. The summed E-state index contributed by atoms with van der Waals surface area (Å²) in [6.07, 6.45) is 12.9. The second-order valence-corrected chi connectivity index (χ2v) is 7.30. The fourth-order valence-electron chi connectivity index (χ4n) is 4.46. The molecule has 0 aromatic rings. The van der Waals surface area contributed by atoms with Gasteiger partial charge in [0.25, 0.3) is 0 Å². The Balaban J connectivity index is 1.81. The number of rotatable bonds is 6. The van der Waals surface area contributed by atoms with Crippen molar-refractivity contribution in [2.24, 2.45) is 11.3 Å². The molecule has 2 fully saturated rings. The Morgan fingerprint density at radius 2 is 1.65 bits per heavy atom. The highest BCUT2D eigenvalue weighted by Gasteiger charge is 2.32.